The van der Waals surface area contributed by atoms with Crippen molar-refractivity contribution in [3.05, 3.63) is 28.3 Å². The molecule has 1 aromatic carbocycles. The smallest absolute Gasteiger partial charge is 0.428 e. The van der Waals surface area contributed by atoms with Crippen molar-refractivity contribution in [2.24, 2.45) is 0 Å². The lowest BCUT2D eigenvalue weighted by atomic mass is 9.74. The monoisotopic (exact) mass is 380 g/mol. The fourth-order valence-corrected chi connectivity index (χ4v) is 3.29. The van der Waals surface area contributed by atoms with Crippen LogP contribution in [0, 0.1) is 0 Å². The van der Waals surface area contributed by atoms with Crippen LogP contribution in [-0.4, -0.2) is 36.1 Å². The van der Waals surface area contributed by atoms with Gasteiger partial charge >= 0.3 is 12.1 Å². The first-order chi connectivity index (χ1) is 11.4. The summed E-state index contributed by atoms with van der Waals surface area (Å²) < 4.78 is 50.4. The van der Waals surface area contributed by atoms with Gasteiger partial charge in [0.05, 0.1) is 13.2 Å². The Morgan fingerprint density at radius 1 is 1.36 bits per heavy atom. The first-order valence-electron chi connectivity index (χ1n) is 7.84. The second-order valence-corrected chi connectivity index (χ2v) is 7.12. The topological polar surface area (TPSA) is 55.8 Å². The Morgan fingerprint density at radius 3 is 2.56 bits per heavy atom. The molecule has 1 atom stereocenters. The normalized spacial score (nSPS) is 16.8. The van der Waals surface area contributed by atoms with Crippen LogP contribution >= 0.6 is 11.6 Å². The van der Waals surface area contributed by atoms with E-state index in [9.17, 15) is 23.1 Å². The highest BCUT2D eigenvalue weighted by Crippen LogP contribution is 2.46. The summed E-state index contributed by atoms with van der Waals surface area (Å²) in [5.41, 5.74) is -3.67. The molecule has 0 fully saturated rings. The van der Waals surface area contributed by atoms with E-state index in [4.69, 9.17) is 16.3 Å². The zero-order valence-corrected chi connectivity index (χ0v) is 14.9. The van der Waals surface area contributed by atoms with Gasteiger partial charge in [-0.05, 0) is 30.0 Å². The van der Waals surface area contributed by atoms with Crippen LogP contribution in [0.3, 0.4) is 0 Å². The minimum absolute atomic E-state index is 0.271. The molecule has 25 heavy (non-hydrogen) atoms. The molecule has 0 saturated carbocycles. The highest BCUT2D eigenvalue weighted by molar-refractivity contribution is 6.30. The Bertz CT molecular complexity index is 673. The maximum Gasteiger partial charge on any atom is 0.428 e. The fourth-order valence-electron chi connectivity index (χ4n) is 3.05. The molecular formula is C17H20ClF3O4. The minimum Gasteiger partial charge on any atom is -0.493 e. The number of esters is 1. The Kier molecular flexibility index (Phi) is 5.31. The molecule has 1 aromatic rings. The largest absolute Gasteiger partial charge is 0.493 e. The number of ether oxygens (including phenoxy) is 2. The van der Waals surface area contributed by atoms with Crippen molar-refractivity contribution in [3.8, 4) is 5.75 Å². The standard InChI is InChI=1S/C17H20ClF3O4/c1-4-24-14(22)16(23,17(19,20)21)9-15(2,3)12-8-11(18)7-10-5-6-25-13(10)12/h7-8,23H,4-6,9H2,1-3H3. The quantitative estimate of drug-likeness (QED) is 0.789. The lowest BCUT2D eigenvalue weighted by molar-refractivity contribution is -0.267. The maximum absolute atomic E-state index is 13.5. The third kappa shape index (κ3) is 3.72. The van der Waals surface area contributed by atoms with Crippen molar-refractivity contribution < 1.29 is 32.5 Å². The van der Waals surface area contributed by atoms with Gasteiger partial charge in [0, 0.05) is 23.4 Å². The summed E-state index contributed by atoms with van der Waals surface area (Å²) >= 11 is 6.08. The first kappa shape index (κ1) is 19.8. The zero-order valence-electron chi connectivity index (χ0n) is 14.2. The predicted octanol–water partition coefficient (Wildman–Crippen LogP) is 3.80. The van der Waals surface area contributed by atoms with Crippen LogP contribution in [0.25, 0.3) is 0 Å². The summed E-state index contributed by atoms with van der Waals surface area (Å²) in [5, 5.41) is 10.5. The molecule has 0 radical (unpaired) electrons. The van der Waals surface area contributed by atoms with Crippen LogP contribution in [-0.2, 0) is 21.4 Å². The summed E-state index contributed by atoms with van der Waals surface area (Å²) in [7, 11) is 0. The summed E-state index contributed by atoms with van der Waals surface area (Å²) in [4.78, 5) is 11.9. The predicted molar refractivity (Wildman–Crippen MR) is 85.9 cm³/mol. The number of rotatable bonds is 5. The van der Waals surface area contributed by atoms with E-state index < -0.39 is 29.6 Å². The molecule has 1 aliphatic heterocycles. The fraction of sp³-hybridized carbons (Fsp3) is 0.588. The lowest BCUT2D eigenvalue weighted by Gasteiger charge is -2.36. The molecule has 1 aliphatic rings. The zero-order chi connectivity index (χ0) is 19.0. The number of hydrogen-bond acceptors (Lipinski definition) is 4. The van der Waals surface area contributed by atoms with Gasteiger partial charge in [-0.3, -0.25) is 0 Å². The van der Waals surface area contributed by atoms with Gasteiger partial charge in [0.25, 0.3) is 5.60 Å². The van der Waals surface area contributed by atoms with Crippen LogP contribution in [0.2, 0.25) is 5.02 Å². The van der Waals surface area contributed by atoms with E-state index in [1.54, 1.807) is 6.07 Å². The first-order valence-corrected chi connectivity index (χ1v) is 8.22. The van der Waals surface area contributed by atoms with E-state index in [0.29, 0.717) is 29.4 Å². The van der Waals surface area contributed by atoms with Crippen molar-refractivity contribution in [1.29, 1.82) is 0 Å². The Hall–Kier alpha value is -1.47. The van der Waals surface area contributed by atoms with Crippen LogP contribution < -0.4 is 4.74 Å². The lowest BCUT2D eigenvalue weighted by Crippen LogP contribution is -2.55. The van der Waals surface area contributed by atoms with Gasteiger partial charge in [-0.15, -0.1) is 0 Å². The molecule has 0 amide bonds. The van der Waals surface area contributed by atoms with E-state index in [0.717, 1.165) is 5.56 Å². The van der Waals surface area contributed by atoms with Crippen LogP contribution in [0.4, 0.5) is 13.2 Å². The van der Waals surface area contributed by atoms with Gasteiger partial charge in [0.15, 0.2) is 0 Å². The summed E-state index contributed by atoms with van der Waals surface area (Å²) in [5.74, 6) is -1.25. The van der Waals surface area contributed by atoms with Gasteiger partial charge < -0.3 is 14.6 Å². The molecule has 1 heterocycles. The Morgan fingerprint density at radius 2 is 2.00 bits per heavy atom. The van der Waals surface area contributed by atoms with Crippen LogP contribution in [0.5, 0.6) is 5.75 Å². The SMILES string of the molecule is CCOC(=O)C(O)(CC(C)(C)c1cc(Cl)cc2c1OCC2)C(F)(F)F. The maximum atomic E-state index is 13.5. The van der Waals surface area contributed by atoms with E-state index in [2.05, 4.69) is 4.74 Å². The van der Waals surface area contributed by atoms with Crippen LogP contribution in [0.1, 0.15) is 38.3 Å². The number of carbonyl (C=O) groups excluding carboxylic acids is 1. The van der Waals surface area contributed by atoms with Gasteiger partial charge in [0.1, 0.15) is 5.75 Å². The number of fused-ring (bicyclic) bond motifs is 1. The Labute approximate surface area is 148 Å². The second-order valence-electron chi connectivity index (χ2n) is 6.68. The summed E-state index contributed by atoms with van der Waals surface area (Å²) in [6.07, 6.45) is -5.50. The van der Waals surface area contributed by atoms with Crippen molar-refractivity contribution in [1.82, 2.24) is 0 Å². The van der Waals surface area contributed by atoms with Gasteiger partial charge in [-0.1, -0.05) is 25.4 Å². The number of benzene rings is 1. The number of carbonyl (C=O) groups is 1. The van der Waals surface area contributed by atoms with Crippen LogP contribution in [0.15, 0.2) is 12.1 Å². The summed E-state index contributed by atoms with van der Waals surface area (Å²) in [6, 6.07) is 3.21. The third-order valence-electron chi connectivity index (χ3n) is 4.26. The highest BCUT2D eigenvalue weighted by atomic mass is 35.5. The molecule has 0 aliphatic carbocycles. The average Bonchev–Trinajstić information content (AvgIpc) is 2.92. The van der Waals surface area contributed by atoms with Crippen molar-refractivity contribution in [3.63, 3.8) is 0 Å². The molecule has 0 aromatic heterocycles. The van der Waals surface area contributed by atoms with Crippen molar-refractivity contribution in [2.45, 2.75) is 50.8 Å². The van der Waals surface area contributed by atoms with E-state index in [1.165, 1.54) is 26.8 Å². The number of halogens is 4. The molecule has 0 bridgehead atoms. The molecular weight excluding hydrogens is 361 g/mol. The molecule has 0 spiro atoms. The Balaban J connectivity index is 2.47. The van der Waals surface area contributed by atoms with E-state index in [1.807, 2.05) is 0 Å². The second kappa shape index (κ2) is 6.68. The molecule has 1 N–H and O–H groups in total. The van der Waals surface area contributed by atoms with Crippen molar-refractivity contribution in [2.75, 3.05) is 13.2 Å². The summed E-state index contributed by atoms with van der Waals surface area (Å²) in [6.45, 7) is 4.50. The minimum atomic E-state index is -5.18. The number of aliphatic hydroxyl groups is 1. The van der Waals surface area contributed by atoms with Gasteiger partial charge in [-0.25, -0.2) is 4.79 Å². The molecule has 0 saturated heterocycles. The molecule has 2 rings (SSSR count). The van der Waals surface area contributed by atoms with E-state index >= 15 is 0 Å². The highest BCUT2D eigenvalue weighted by Gasteiger charge is 2.62. The molecule has 4 nitrogen and oxygen atoms in total. The number of alkyl halides is 3. The molecule has 140 valence electrons. The number of hydrogen-bond donors (Lipinski definition) is 1. The third-order valence-corrected chi connectivity index (χ3v) is 4.48. The average molecular weight is 381 g/mol. The molecule has 8 heteroatoms. The van der Waals surface area contributed by atoms with Crippen molar-refractivity contribution >= 4 is 17.6 Å². The van der Waals surface area contributed by atoms with Gasteiger partial charge in [0.2, 0.25) is 0 Å². The van der Waals surface area contributed by atoms with E-state index in [-0.39, 0.29) is 6.61 Å². The van der Waals surface area contributed by atoms with Gasteiger partial charge in [-0.2, -0.15) is 13.2 Å². The molecule has 1 unspecified atom stereocenters.